The van der Waals surface area contributed by atoms with E-state index < -0.39 is 29.7 Å². The molecule has 11 nitrogen and oxygen atoms in total. The summed E-state index contributed by atoms with van der Waals surface area (Å²) in [6.07, 6.45) is 0. The minimum Gasteiger partial charge on any atom is -0.481 e. The Balaban J connectivity index is -0.0000000604. The Morgan fingerprint density at radius 1 is 0.783 bits per heavy atom. The molecule has 0 amide bonds. The fourth-order valence-electron chi connectivity index (χ4n) is 0.311. The summed E-state index contributed by atoms with van der Waals surface area (Å²) in [5.74, 6) is -4.28. The van der Waals surface area contributed by atoms with Crippen LogP contribution in [0, 0.1) is 0 Å². The molecule has 0 unspecified atom stereocenters. The van der Waals surface area contributed by atoms with Crippen molar-refractivity contribution in [3.63, 3.8) is 0 Å². The molecule has 0 atom stereocenters. The largest absolute Gasteiger partial charge is 0.481 e. The van der Waals surface area contributed by atoms with Crippen LogP contribution in [0.15, 0.2) is 0 Å². The molecule has 0 fully saturated rings. The van der Waals surface area contributed by atoms with E-state index in [0.717, 1.165) is 27.7 Å². The van der Waals surface area contributed by atoms with E-state index in [1.165, 1.54) is 0 Å². The topological polar surface area (TPSA) is 210 Å². The number of carboxylic acid groups (broad SMARTS) is 4. The molecule has 0 heterocycles. The molecule has 0 aliphatic rings. The molecular weight excluding hydrogens is 316 g/mol. The number of nitrogens with two attached hydrogens (primary N) is 2. The third kappa shape index (κ3) is 2010. The van der Waals surface area contributed by atoms with Crippen molar-refractivity contribution in [1.29, 1.82) is 0 Å². The van der Waals surface area contributed by atoms with Crippen molar-refractivity contribution in [2.75, 3.05) is 6.61 Å². The predicted molar refractivity (Wildman–Crippen MR) is 81.6 cm³/mol. The van der Waals surface area contributed by atoms with Gasteiger partial charge in [0.25, 0.3) is 23.9 Å². The first-order valence-corrected chi connectivity index (χ1v) is 5.99. The van der Waals surface area contributed by atoms with Crippen LogP contribution in [0.1, 0.15) is 41.5 Å². The fraction of sp³-hybridized carbons (Fsp3) is 0.667. The van der Waals surface area contributed by atoms with Crippen LogP contribution in [0.5, 0.6) is 0 Å². The van der Waals surface area contributed by atoms with E-state index >= 15 is 0 Å². The van der Waals surface area contributed by atoms with Gasteiger partial charge < -0.3 is 25.2 Å². The molecule has 0 aromatic carbocycles. The lowest BCUT2D eigenvalue weighted by Gasteiger charge is -2.17. The van der Waals surface area contributed by atoms with Crippen molar-refractivity contribution >= 4 is 23.9 Å². The van der Waals surface area contributed by atoms with E-state index in [4.69, 9.17) is 55.8 Å². The molecule has 0 spiro atoms. The Kier molecular flexibility index (Phi) is 31.3. The van der Waals surface area contributed by atoms with Crippen LogP contribution in [-0.4, -0.2) is 56.8 Å². The summed E-state index contributed by atoms with van der Waals surface area (Å²) in [5.41, 5.74) is 10.4. The Bertz CT molecular complexity index is 261. The highest BCUT2D eigenvalue weighted by atomic mass is 16.5. The maximum atomic E-state index is 9.00. The first-order valence-electron chi connectivity index (χ1n) is 5.99. The molecule has 0 bridgehead atoms. The molecule has 23 heavy (non-hydrogen) atoms. The smallest absolute Gasteiger partial charge is 0.300 e. The van der Waals surface area contributed by atoms with Crippen LogP contribution in [0.25, 0.3) is 0 Å². The van der Waals surface area contributed by atoms with Gasteiger partial charge in [0.15, 0.2) is 5.85 Å². The number of carbonyl (C=O) groups is 4. The average Bonchev–Trinajstić information content (AvgIpc) is 2.09. The Morgan fingerprint density at radius 3 is 0.913 bits per heavy atom. The maximum absolute atomic E-state index is 9.00. The summed E-state index contributed by atoms with van der Waals surface area (Å²) in [6.45, 7) is 8.35. The molecule has 0 saturated heterocycles. The molecule has 0 saturated carbocycles. The van der Waals surface area contributed by atoms with Crippen molar-refractivity contribution in [1.82, 2.24) is 0 Å². The van der Waals surface area contributed by atoms with Gasteiger partial charge in [-0.2, -0.15) is 0 Å². The fourth-order valence-corrected chi connectivity index (χ4v) is 0.311. The van der Waals surface area contributed by atoms with Crippen LogP contribution in [0.4, 0.5) is 0 Å². The highest BCUT2D eigenvalue weighted by molar-refractivity contribution is 5.63. The molecule has 0 aromatic heterocycles. The molecule has 140 valence electrons. The van der Waals surface area contributed by atoms with Gasteiger partial charge in [-0.25, -0.2) is 0 Å². The Morgan fingerprint density at radius 2 is 0.913 bits per heavy atom. The predicted octanol–water partition coefficient (Wildman–Crippen LogP) is -0.0224. The third-order valence-electron chi connectivity index (χ3n) is 0.455. The molecular formula is C12H28N2O9. The monoisotopic (exact) mass is 344 g/mol. The van der Waals surface area contributed by atoms with Crippen LogP contribution in [-0.2, 0) is 23.9 Å². The van der Waals surface area contributed by atoms with Gasteiger partial charge >= 0.3 is 0 Å². The van der Waals surface area contributed by atoms with E-state index in [9.17, 15) is 0 Å². The van der Waals surface area contributed by atoms with E-state index in [0.29, 0.717) is 6.61 Å². The molecule has 0 aliphatic heterocycles. The van der Waals surface area contributed by atoms with Gasteiger partial charge in [0.1, 0.15) is 0 Å². The zero-order valence-corrected chi connectivity index (χ0v) is 14.2. The summed E-state index contributed by atoms with van der Waals surface area (Å²) in [6, 6.07) is 0. The van der Waals surface area contributed by atoms with Crippen LogP contribution < -0.4 is 11.5 Å². The van der Waals surface area contributed by atoms with Gasteiger partial charge in [-0.05, 0) is 13.8 Å². The van der Waals surface area contributed by atoms with E-state index in [1.54, 1.807) is 6.92 Å². The maximum Gasteiger partial charge on any atom is 0.300 e. The zero-order chi connectivity index (χ0) is 20.2. The Hall–Kier alpha value is -2.24. The standard InChI is InChI=1S/C4H12N2O.4C2H4O2/c1-3-7-4(2,5)6;4*1-2(3)4/h3,5-6H2,1-2H3;4*1H3,(H,3,4). The normalized spacial score (nSPS) is 8.00. The Labute approximate surface area is 134 Å². The van der Waals surface area contributed by atoms with Crippen LogP contribution in [0.3, 0.4) is 0 Å². The van der Waals surface area contributed by atoms with Gasteiger partial charge in [0.05, 0.1) is 0 Å². The van der Waals surface area contributed by atoms with Crippen molar-refractivity contribution in [2.45, 2.75) is 47.4 Å². The number of ether oxygens (including phenoxy) is 1. The molecule has 8 N–H and O–H groups in total. The number of rotatable bonds is 2. The molecule has 0 aliphatic carbocycles. The van der Waals surface area contributed by atoms with E-state index in [1.807, 2.05) is 6.92 Å². The summed E-state index contributed by atoms with van der Waals surface area (Å²) in [4.78, 5) is 36.0. The number of hydrogen-bond acceptors (Lipinski definition) is 7. The molecule has 0 aromatic rings. The summed E-state index contributed by atoms with van der Waals surface area (Å²) < 4.78 is 4.78. The summed E-state index contributed by atoms with van der Waals surface area (Å²) in [7, 11) is 0. The highest BCUT2D eigenvalue weighted by Crippen LogP contribution is 1.87. The SMILES string of the molecule is CC(=O)O.CC(=O)O.CC(=O)O.CC(=O)O.CCOC(C)(N)N. The minimum atomic E-state index is -0.950. The first kappa shape index (κ1) is 32.6. The quantitative estimate of drug-likeness (QED) is 0.366. The minimum absolute atomic E-state index is 0.559. The van der Waals surface area contributed by atoms with Gasteiger partial charge in [-0.15, -0.1) is 0 Å². The van der Waals surface area contributed by atoms with Crippen molar-refractivity contribution < 1.29 is 44.3 Å². The second-order valence-corrected chi connectivity index (χ2v) is 3.69. The average molecular weight is 344 g/mol. The second kappa shape index (κ2) is 22.0. The molecule has 0 radical (unpaired) electrons. The summed E-state index contributed by atoms with van der Waals surface area (Å²) in [5, 5.41) is 29.7. The molecule has 0 rings (SSSR count). The van der Waals surface area contributed by atoms with E-state index in [2.05, 4.69) is 0 Å². The van der Waals surface area contributed by atoms with Crippen molar-refractivity contribution in [2.24, 2.45) is 11.5 Å². The van der Waals surface area contributed by atoms with Crippen LogP contribution >= 0.6 is 0 Å². The third-order valence-corrected chi connectivity index (χ3v) is 0.455. The van der Waals surface area contributed by atoms with Gasteiger partial charge in [0.2, 0.25) is 0 Å². The second-order valence-electron chi connectivity index (χ2n) is 3.69. The highest BCUT2D eigenvalue weighted by Gasteiger charge is 2.07. The van der Waals surface area contributed by atoms with Gasteiger partial charge in [-0.3, -0.25) is 30.6 Å². The van der Waals surface area contributed by atoms with Crippen LogP contribution in [0.2, 0.25) is 0 Å². The first-order chi connectivity index (χ1) is 9.99. The van der Waals surface area contributed by atoms with E-state index in [-0.39, 0.29) is 0 Å². The number of carboxylic acids is 4. The number of hydrogen-bond donors (Lipinski definition) is 6. The lowest BCUT2D eigenvalue weighted by molar-refractivity contribution is -0.135. The van der Waals surface area contributed by atoms with Crippen molar-refractivity contribution in [3.8, 4) is 0 Å². The van der Waals surface area contributed by atoms with Crippen molar-refractivity contribution in [3.05, 3.63) is 0 Å². The lowest BCUT2D eigenvalue weighted by atomic mass is 10.5. The van der Waals surface area contributed by atoms with Gasteiger partial charge in [0, 0.05) is 34.3 Å². The zero-order valence-electron chi connectivity index (χ0n) is 14.2. The van der Waals surface area contributed by atoms with Gasteiger partial charge in [-0.1, -0.05) is 0 Å². The number of aliphatic carboxylic acids is 4. The summed E-state index contributed by atoms with van der Waals surface area (Å²) >= 11 is 0. The lowest BCUT2D eigenvalue weighted by Crippen LogP contribution is -2.48. The molecule has 11 heteroatoms.